The van der Waals surface area contributed by atoms with E-state index in [2.05, 4.69) is 20.2 Å². The molecule has 0 saturated carbocycles. The lowest BCUT2D eigenvalue weighted by molar-refractivity contribution is 0.122. The van der Waals surface area contributed by atoms with Gasteiger partial charge in [-0.05, 0) is 30.3 Å². The summed E-state index contributed by atoms with van der Waals surface area (Å²) in [5, 5.41) is 3.18. The molecule has 1 saturated heterocycles. The maximum Gasteiger partial charge on any atom is 0.267 e. The predicted molar refractivity (Wildman–Crippen MR) is 116 cm³/mol. The number of rotatable bonds is 3. The standard InChI is InChI=1S/C21H21N5O3S/c1-25-18-5-3-2-4-17(18)20-19(30(25,27)28)14-22-21(24-20)23-15-6-8-16(9-7-15)26-10-12-29-13-11-26/h2-9,14H,10-13H2,1H3,(H,22,23,24). The molecule has 154 valence electrons. The summed E-state index contributed by atoms with van der Waals surface area (Å²) in [6.07, 6.45) is 1.37. The minimum absolute atomic E-state index is 0.108. The molecule has 2 aliphatic heterocycles. The Kier molecular flexibility index (Phi) is 4.56. The number of nitrogens with one attached hydrogen (secondary N) is 1. The summed E-state index contributed by atoms with van der Waals surface area (Å²) in [6.45, 7) is 3.23. The molecule has 3 aromatic rings. The summed E-state index contributed by atoms with van der Waals surface area (Å²) < 4.78 is 32.3. The van der Waals surface area contributed by atoms with Crippen LogP contribution in [0.15, 0.2) is 59.6 Å². The Morgan fingerprint density at radius 3 is 2.53 bits per heavy atom. The van der Waals surface area contributed by atoms with Gasteiger partial charge in [-0.2, -0.15) is 0 Å². The molecule has 9 heteroatoms. The topological polar surface area (TPSA) is 87.7 Å². The van der Waals surface area contributed by atoms with E-state index in [4.69, 9.17) is 4.74 Å². The number of aromatic nitrogens is 2. The average Bonchev–Trinajstić information content (AvgIpc) is 2.79. The monoisotopic (exact) mass is 423 g/mol. The van der Waals surface area contributed by atoms with Gasteiger partial charge in [0.1, 0.15) is 4.90 Å². The van der Waals surface area contributed by atoms with Gasteiger partial charge >= 0.3 is 0 Å². The van der Waals surface area contributed by atoms with Crippen LogP contribution in [-0.2, 0) is 14.8 Å². The molecular weight excluding hydrogens is 402 g/mol. The number of anilines is 4. The van der Waals surface area contributed by atoms with E-state index in [-0.39, 0.29) is 4.90 Å². The Bertz CT molecular complexity index is 1190. The number of ether oxygens (including phenoxy) is 1. The molecule has 0 atom stereocenters. The van der Waals surface area contributed by atoms with Crippen molar-refractivity contribution >= 4 is 33.0 Å². The molecule has 0 unspecified atom stereocenters. The fourth-order valence-electron chi connectivity index (χ4n) is 3.74. The van der Waals surface area contributed by atoms with Gasteiger partial charge in [-0.3, -0.25) is 4.31 Å². The van der Waals surface area contributed by atoms with Crippen molar-refractivity contribution in [2.45, 2.75) is 4.90 Å². The minimum atomic E-state index is -3.68. The number of hydrogen-bond acceptors (Lipinski definition) is 7. The van der Waals surface area contributed by atoms with Crippen molar-refractivity contribution in [3.8, 4) is 11.3 Å². The van der Waals surface area contributed by atoms with Crippen LogP contribution < -0.4 is 14.5 Å². The van der Waals surface area contributed by atoms with E-state index in [1.807, 2.05) is 42.5 Å². The Labute approximate surface area is 175 Å². The average molecular weight is 423 g/mol. The first kappa shape index (κ1) is 18.8. The lowest BCUT2D eigenvalue weighted by Crippen LogP contribution is -2.36. The molecule has 5 rings (SSSR count). The number of fused-ring (bicyclic) bond motifs is 3. The highest BCUT2D eigenvalue weighted by Crippen LogP contribution is 2.41. The fraction of sp³-hybridized carbons (Fsp3) is 0.238. The zero-order valence-corrected chi connectivity index (χ0v) is 17.3. The van der Waals surface area contributed by atoms with Crippen molar-refractivity contribution in [3.05, 3.63) is 54.7 Å². The zero-order valence-electron chi connectivity index (χ0n) is 16.4. The second kappa shape index (κ2) is 7.26. The van der Waals surface area contributed by atoms with E-state index in [1.54, 1.807) is 13.1 Å². The lowest BCUT2D eigenvalue weighted by Gasteiger charge is -2.29. The van der Waals surface area contributed by atoms with Crippen LogP contribution in [0, 0.1) is 0 Å². The zero-order chi connectivity index (χ0) is 20.7. The number of nitrogens with zero attached hydrogens (tertiary/aromatic N) is 4. The lowest BCUT2D eigenvalue weighted by atomic mass is 10.1. The molecule has 0 spiro atoms. The molecule has 30 heavy (non-hydrogen) atoms. The van der Waals surface area contributed by atoms with Crippen molar-refractivity contribution in [1.29, 1.82) is 0 Å². The number of morpholine rings is 1. The van der Waals surface area contributed by atoms with Gasteiger partial charge in [0.15, 0.2) is 0 Å². The molecule has 8 nitrogen and oxygen atoms in total. The summed E-state index contributed by atoms with van der Waals surface area (Å²) >= 11 is 0. The molecule has 0 radical (unpaired) electrons. The fourth-order valence-corrected chi connectivity index (χ4v) is 5.04. The molecule has 0 bridgehead atoms. The van der Waals surface area contributed by atoms with Gasteiger partial charge in [0.05, 0.1) is 30.8 Å². The SMILES string of the molecule is CN1c2ccccc2-c2nc(Nc3ccc(N4CCOCC4)cc3)ncc2S1(=O)=O. The van der Waals surface area contributed by atoms with Crippen molar-refractivity contribution in [2.75, 3.05) is 47.9 Å². The highest BCUT2D eigenvalue weighted by molar-refractivity contribution is 7.93. The van der Waals surface area contributed by atoms with Gasteiger partial charge in [0, 0.05) is 37.1 Å². The molecule has 2 aliphatic rings. The number of sulfonamides is 1. The first-order chi connectivity index (χ1) is 14.5. The maximum atomic E-state index is 12.8. The van der Waals surface area contributed by atoms with Crippen molar-refractivity contribution < 1.29 is 13.2 Å². The van der Waals surface area contributed by atoms with E-state index in [0.29, 0.717) is 17.3 Å². The van der Waals surface area contributed by atoms with Crippen LogP contribution >= 0.6 is 0 Å². The second-order valence-corrected chi connectivity index (χ2v) is 9.11. The van der Waals surface area contributed by atoms with E-state index < -0.39 is 10.0 Å². The van der Waals surface area contributed by atoms with E-state index in [1.165, 1.54) is 10.5 Å². The quantitative estimate of drug-likeness (QED) is 0.693. The highest BCUT2D eigenvalue weighted by atomic mass is 32.2. The summed E-state index contributed by atoms with van der Waals surface area (Å²) in [4.78, 5) is 11.2. The third-order valence-corrected chi connectivity index (χ3v) is 7.16. The normalized spacial score (nSPS) is 17.2. The van der Waals surface area contributed by atoms with Crippen molar-refractivity contribution in [3.63, 3.8) is 0 Å². The van der Waals surface area contributed by atoms with Crippen LogP contribution in [0.5, 0.6) is 0 Å². The Morgan fingerprint density at radius 1 is 1.03 bits per heavy atom. The molecule has 1 aromatic heterocycles. The van der Waals surface area contributed by atoms with Gasteiger partial charge in [-0.25, -0.2) is 18.4 Å². The molecule has 2 aromatic carbocycles. The summed E-state index contributed by atoms with van der Waals surface area (Å²) in [5.41, 5.74) is 3.74. The molecule has 1 N–H and O–H groups in total. The van der Waals surface area contributed by atoms with E-state index in [0.717, 1.165) is 43.2 Å². The van der Waals surface area contributed by atoms with E-state index >= 15 is 0 Å². The van der Waals surface area contributed by atoms with Crippen LogP contribution in [-0.4, -0.2) is 51.7 Å². The van der Waals surface area contributed by atoms with Gasteiger partial charge in [0.25, 0.3) is 10.0 Å². The van der Waals surface area contributed by atoms with Crippen LogP contribution in [0.25, 0.3) is 11.3 Å². The van der Waals surface area contributed by atoms with Crippen LogP contribution in [0.2, 0.25) is 0 Å². The van der Waals surface area contributed by atoms with Crippen molar-refractivity contribution in [1.82, 2.24) is 9.97 Å². The summed E-state index contributed by atoms with van der Waals surface area (Å²) in [7, 11) is -2.14. The van der Waals surface area contributed by atoms with E-state index in [9.17, 15) is 8.42 Å². The largest absolute Gasteiger partial charge is 0.378 e. The summed E-state index contributed by atoms with van der Waals surface area (Å²) in [5.74, 6) is 0.349. The number of benzene rings is 2. The first-order valence-electron chi connectivity index (χ1n) is 9.69. The molecule has 1 fully saturated rings. The third-order valence-electron chi connectivity index (χ3n) is 5.39. The number of hydrogen-bond donors (Lipinski definition) is 1. The van der Waals surface area contributed by atoms with Crippen LogP contribution in [0.3, 0.4) is 0 Å². The first-order valence-corrected chi connectivity index (χ1v) is 11.1. The van der Waals surface area contributed by atoms with Crippen LogP contribution in [0.4, 0.5) is 23.0 Å². The Morgan fingerprint density at radius 2 is 1.77 bits per heavy atom. The molecular formula is C21H21N5O3S. The smallest absolute Gasteiger partial charge is 0.267 e. The highest BCUT2D eigenvalue weighted by Gasteiger charge is 2.34. The van der Waals surface area contributed by atoms with Gasteiger partial charge in [0.2, 0.25) is 5.95 Å². The molecule has 0 amide bonds. The third kappa shape index (κ3) is 3.16. The van der Waals surface area contributed by atoms with Gasteiger partial charge in [-0.15, -0.1) is 0 Å². The summed E-state index contributed by atoms with van der Waals surface area (Å²) in [6, 6.07) is 15.3. The van der Waals surface area contributed by atoms with Gasteiger partial charge in [-0.1, -0.05) is 18.2 Å². The number of para-hydroxylation sites is 1. The maximum absolute atomic E-state index is 12.8. The van der Waals surface area contributed by atoms with Crippen LogP contribution in [0.1, 0.15) is 0 Å². The molecule has 3 heterocycles. The minimum Gasteiger partial charge on any atom is -0.378 e. The predicted octanol–water partition coefficient (Wildman–Crippen LogP) is 2.86. The Balaban J connectivity index is 1.45. The Hall–Kier alpha value is -3.17. The molecule has 0 aliphatic carbocycles. The van der Waals surface area contributed by atoms with Gasteiger partial charge < -0.3 is 15.0 Å². The van der Waals surface area contributed by atoms with Crippen molar-refractivity contribution in [2.24, 2.45) is 0 Å². The second-order valence-electron chi connectivity index (χ2n) is 7.17.